The summed E-state index contributed by atoms with van der Waals surface area (Å²) in [5, 5.41) is 1.23. The number of rotatable bonds is 1. The summed E-state index contributed by atoms with van der Waals surface area (Å²) < 4.78 is 15.7. The van der Waals surface area contributed by atoms with Gasteiger partial charge in [0.05, 0.1) is 16.9 Å². The number of halogens is 1. The molecule has 1 aliphatic rings. The number of para-hydroxylation sites is 1. The van der Waals surface area contributed by atoms with Crippen molar-refractivity contribution in [3.63, 3.8) is 0 Å². The molecule has 4 aromatic rings. The fourth-order valence-electron chi connectivity index (χ4n) is 3.46. The fraction of sp³-hybridized carbons (Fsp3) is 0.0476. The summed E-state index contributed by atoms with van der Waals surface area (Å²) in [6, 6.07) is 21.9. The molecule has 0 unspecified atom stereocenters. The molecule has 0 radical (unpaired) electrons. The van der Waals surface area contributed by atoms with Gasteiger partial charge in [0.2, 0.25) is 0 Å². The smallest absolute Gasteiger partial charge is 0.123 e. The Balaban J connectivity index is 1.91. The molecule has 0 saturated carbocycles. The summed E-state index contributed by atoms with van der Waals surface area (Å²) >= 11 is 1.82. The maximum atomic E-state index is 13.3. The quantitative estimate of drug-likeness (QED) is 0.353. The first kappa shape index (κ1) is 13.9. The molecule has 0 aliphatic carbocycles. The van der Waals surface area contributed by atoms with Gasteiger partial charge >= 0.3 is 0 Å². The van der Waals surface area contributed by atoms with Gasteiger partial charge in [-0.25, -0.2) is 4.39 Å². The monoisotopic (exact) mass is 331 g/mol. The van der Waals surface area contributed by atoms with Crippen LogP contribution in [0.15, 0.2) is 76.5 Å². The van der Waals surface area contributed by atoms with Gasteiger partial charge in [-0.15, -0.1) is 0 Å². The summed E-state index contributed by atoms with van der Waals surface area (Å²) in [6.07, 6.45) is 0. The van der Waals surface area contributed by atoms with Crippen LogP contribution < -0.4 is 0 Å². The van der Waals surface area contributed by atoms with Crippen LogP contribution in [0.3, 0.4) is 0 Å². The number of hydrogen-bond donors (Lipinski definition) is 0. The van der Waals surface area contributed by atoms with Crippen LogP contribution in [0.25, 0.3) is 27.8 Å². The van der Waals surface area contributed by atoms with E-state index >= 15 is 0 Å². The zero-order valence-electron chi connectivity index (χ0n) is 13.1. The van der Waals surface area contributed by atoms with E-state index in [1.165, 1.54) is 44.1 Å². The molecule has 5 rings (SSSR count). The summed E-state index contributed by atoms with van der Waals surface area (Å²) in [7, 11) is 0. The number of hydrogen-bond acceptors (Lipinski definition) is 1. The van der Waals surface area contributed by atoms with Crippen LogP contribution in [0, 0.1) is 12.7 Å². The van der Waals surface area contributed by atoms with E-state index in [2.05, 4.69) is 54.0 Å². The van der Waals surface area contributed by atoms with Crippen LogP contribution in [0.2, 0.25) is 0 Å². The maximum absolute atomic E-state index is 13.3. The van der Waals surface area contributed by atoms with Crippen molar-refractivity contribution >= 4 is 22.7 Å². The molecule has 0 saturated heterocycles. The highest BCUT2D eigenvalue weighted by molar-refractivity contribution is 7.99. The second-order valence-electron chi connectivity index (χ2n) is 6.14. The summed E-state index contributed by atoms with van der Waals surface area (Å²) in [5.41, 5.74) is 5.81. The molecule has 1 aromatic heterocycles. The molecule has 3 aromatic carbocycles. The SMILES string of the molecule is Cc1cc2c3c(c1)cc(-c1ccc(F)cc1)n3-c1ccccc1S2. The van der Waals surface area contributed by atoms with Gasteiger partial charge in [-0.1, -0.05) is 23.9 Å². The third-order valence-corrected chi connectivity index (χ3v) is 5.57. The van der Waals surface area contributed by atoms with E-state index in [0.29, 0.717) is 0 Å². The third kappa shape index (κ3) is 1.95. The maximum Gasteiger partial charge on any atom is 0.123 e. The fourth-order valence-corrected chi connectivity index (χ4v) is 4.66. The predicted molar refractivity (Wildman–Crippen MR) is 97.5 cm³/mol. The van der Waals surface area contributed by atoms with Crippen LogP contribution >= 0.6 is 11.8 Å². The Kier molecular flexibility index (Phi) is 2.88. The lowest BCUT2D eigenvalue weighted by Crippen LogP contribution is -2.03. The van der Waals surface area contributed by atoms with Crippen molar-refractivity contribution in [2.24, 2.45) is 0 Å². The molecule has 0 amide bonds. The zero-order chi connectivity index (χ0) is 16.3. The van der Waals surface area contributed by atoms with Gasteiger partial charge in [-0.05, 0) is 72.6 Å². The lowest BCUT2D eigenvalue weighted by Gasteiger charge is -2.21. The van der Waals surface area contributed by atoms with Crippen LogP contribution in [-0.2, 0) is 0 Å². The minimum atomic E-state index is -0.207. The minimum absolute atomic E-state index is 0.207. The largest absolute Gasteiger partial charge is 0.307 e. The van der Waals surface area contributed by atoms with Crippen molar-refractivity contribution in [2.75, 3.05) is 0 Å². The van der Waals surface area contributed by atoms with Crippen LogP contribution in [0.1, 0.15) is 5.56 Å². The Morgan fingerprint density at radius 3 is 2.50 bits per heavy atom. The van der Waals surface area contributed by atoms with Gasteiger partial charge in [0, 0.05) is 15.2 Å². The molecule has 2 heterocycles. The van der Waals surface area contributed by atoms with E-state index in [1.807, 2.05) is 23.9 Å². The van der Waals surface area contributed by atoms with Crippen LogP contribution in [0.5, 0.6) is 0 Å². The molecular formula is C21H14FNS. The van der Waals surface area contributed by atoms with Crippen molar-refractivity contribution in [2.45, 2.75) is 16.7 Å². The average Bonchev–Trinajstić information content (AvgIpc) is 2.96. The minimum Gasteiger partial charge on any atom is -0.307 e. The van der Waals surface area contributed by atoms with Gasteiger partial charge in [0.1, 0.15) is 5.82 Å². The van der Waals surface area contributed by atoms with Gasteiger partial charge in [-0.2, -0.15) is 0 Å². The molecule has 0 atom stereocenters. The Morgan fingerprint density at radius 2 is 1.67 bits per heavy atom. The molecule has 0 bridgehead atoms. The van der Waals surface area contributed by atoms with Crippen molar-refractivity contribution in [3.8, 4) is 16.9 Å². The summed E-state index contributed by atoms with van der Waals surface area (Å²) in [5.74, 6) is -0.207. The molecule has 24 heavy (non-hydrogen) atoms. The van der Waals surface area contributed by atoms with Crippen LogP contribution in [-0.4, -0.2) is 4.57 Å². The molecule has 3 heteroatoms. The van der Waals surface area contributed by atoms with E-state index in [9.17, 15) is 4.39 Å². The van der Waals surface area contributed by atoms with Crippen molar-refractivity contribution in [1.82, 2.24) is 4.57 Å². The first-order chi connectivity index (χ1) is 11.7. The molecule has 0 fully saturated rings. The Bertz CT molecular complexity index is 1090. The second-order valence-corrected chi connectivity index (χ2v) is 7.23. The summed E-state index contributed by atoms with van der Waals surface area (Å²) in [4.78, 5) is 2.52. The number of fused-ring (bicyclic) bond motifs is 2. The predicted octanol–water partition coefficient (Wildman–Crippen LogP) is 6.21. The molecule has 116 valence electrons. The first-order valence-electron chi connectivity index (χ1n) is 7.90. The number of benzene rings is 3. The normalized spacial score (nSPS) is 12.4. The van der Waals surface area contributed by atoms with Crippen molar-refractivity contribution in [1.29, 1.82) is 0 Å². The molecule has 1 aliphatic heterocycles. The van der Waals surface area contributed by atoms with Crippen LogP contribution in [0.4, 0.5) is 4.39 Å². The van der Waals surface area contributed by atoms with E-state index in [4.69, 9.17) is 0 Å². The molecular weight excluding hydrogens is 317 g/mol. The van der Waals surface area contributed by atoms with Crippen molar-refractivity contribution in [3.05, 3.63) is 78.1 Å². The topological polar surface area (TPSA) is 4.93 Å². The molecule has 1 nitrogen and oxygen atoms in total. The van der Waals surface area contributed by atoms with Crippen molar-refractivity contribution < 1.29 is 4.39 Å². The lowest BCUT2D eigenvalue weighted by molar-refractivity contribution is 0.628. The highest BCUT2D eigenvalue weighted by Gasteiger charge is 2.22. The molecule has 0 spiro atoms. The number of aromatic nitrogens is 1. The molecule has 0 N–H and O–H groups in total. The third-order valence-electron chi connectivity index (χ3n) is 4.47. The van der Waals surface area contributed by atoms with Gasteiger partial charge in [0.25, 0.3) is 0 Å². The Morgan fingerprint density at radius 1 is 0.875 bits per heavy atom. The van der Waals surface area contributed by atoms with E-state index in [0.717, 1.165) is 11.3 Å². The highest BCUT2D eigenvalue weighted by atomic mass is 32.2. The lowest BCUT2D eigenvalue weighted by atomic mass is 10.1. The standard InChI is InChI=1S/C21H14FNS/c1-13-10-15-12-18(14-6-8-16(22)9-7-14)23-17-4-2-3-5-19(17)24-20(11-13)21(15)23/h2-12H,1H3. The van der Waals surface area contributed by atoms with Gasteiger partial charge < -0.3 is 4.57 Å². The Hall–Kier alpha value is -2.52. The van der Waals surface area contributed by atoms with E-state index in [1.54, 1.807) is 0 Å². The average molecular weight is 331 g/mol. The Labute approximate surface area is 143 Å². The van der Waals surface area contributed by atoms with E-state index in [-0.39, 0.29) is 5.82 Å². The summed E-state index contributed by atoms with van der Waals surface area (Å²) in [6.45, 7) is 2.13. The second kappa shape index (κ2) is 4.99. The van der Waals surface area contributed by atoms with Gasteiger partial charge in [0.15, 0.2) is 0 Å². The van der Waals surface area contributed by atoms with Gasteiger partial charge in [-0.3, -0.25) is 0 Å². The number of nitrogens with zero attached hydrogens (tertiary/aromatic N) is 1. The highest BCUT2D eigenvalue weighted by Crippen LogP contribution is 2.46. The zero-order valence-corrected chi connectivity index (χ0v) is 13.9. The number of aryl methyl sites for hydroxylation is 1. The van der Waals surface area contributed by atoms with E-state index < -0.39 is 0 Å². The first-order valence-corrected chi connectivity index (χ1v) is 8.72.